The maximum atomic E-state index is 13.1. The highest BCUT2D eigenvalue weighted by Gasteiger charge is 2.20. The summed E-state index contributed by atoms with van der Waals surface area (Å²) < 4.78 is 6.04. The first-order valence-electron chi connectivity index (χ1n) is 8.83. The van der Waals surface area contributed by atoms with Crippen LogP contribution in [-0.4, -0.2) is 5.78 Å². The van der Waals surface area contributed by atoms with Crippen LogP contribution < -0.4 is 5.32 Å². The van der Waals surface area contributed by atoms with E-state index in [1.807, 2.05) is 97.9 Å². The quantitative estimate of drug-likeness (QED) is 0.432. The first kappa shape index (κ1) is 16.9. The molecular weight excluding hydrogens is 334 g/mol. The predicted octanol–water partition coefficient (Wildman–Crippen LogP) is 6.23. The van der Waals surface area contributed by atoms with Crippen molar-refractivity contribution in [3.05, 3.63) is 108 Å². The molecule has 0 atom stereocenters. The number of furan rings is 1. The van der Waals surface area contributed by atoms with Crippen LogP contribution in [0.15, 0.2) is 95.4 Å². The molecule has 0 aliphatic rings. The molecule has 0 amide bonds. The van der Waals surface area contributed by atoms with Crippen LogP contribution in [0, 0.1) is 6.92 Å². The van der Waals surface area contributed by atoms with Crippen LogP contribution in [0.2, 0.25) is 0 Å². The maximum Gasteiger partial charge on any atom is 0.209 e. The van der Waals surface area contributed by atoms with E-state index in [-0.39, 0.29) is 5.78 Å². The third-order valence-electron chi connectivity index (χ3n) is 4.38. The van der Waals surface area contributed by atoms with Gasteiger partial charge in [0, 0.05) is 16.8 Å². The van der Waals surface area contributed by atoms with E-state index >= 15 is 0 Å². The van der Waals surface area contributed by atoms with Gasteiger partial charge in [-0.05, 0) is 25.1 Å². The second-order valence-corrected chi connectivity index (χ2v) is 6.41. The van der Waals surface area contributed by atoms with E-state index in [1.54, 1.807) is 0 Å². The topological polar surface area (TPSA) is 42.2 Å². The van der Waals surface area contributed by atoms with Gasteiger partial charge in [-0.3, -0.25) is 4.79 Å². The molecule has 3 aromatic carbocycles. The second kappa shape index (κ2) is 7.34. The summed E-state index contributed by atoms with van der Waals surface area (Å²) >= 11 is 0. The average molecular weight is 353 g/mol. The number of anilines is 2. The Morgan fingerprint density at radius 1 is 0.815 bits per heavy atom. The highest BCUT2D eigenvalue weighted by molar-refractivity contribution is 6.12. The molecule has 3 heteroatoms. The summed E-state index contributed by atoms with van der Waals surface area (Å²) in [6, 6.07) is 28.8. The summed E-state index contributed by atoms with van der Waals surface area (Å²) in [6.07, 6.45) is 0. The number of hydrogen-bond acceptors (Lipinski definition) is 3. The second-order valence-electron chi connectivity index (χ2n) is 6.41. The van der Waals surface area contributed by atoms with Gasteiger partial charge in [-0.2, -0.15) is 0 Å². The molecule has 4 rings (SSSR count). The van der Waals surface area contributed by atoms with Crippen molar-refractivity contribution in [2.24, 2.45) is 0 Å². The molecule has 1 aromatic heterocycles. The number of para-hydroxylation sites is 1. The lowest BCUT2D eigenvalue weighted by Crippen LogP contribution is -2.03. The van der Waals surface area contributed by atoms with Crippen LogP contribution in [0.5, 0.6) is 0 Å². The zero-order valence-electron chi connectivity index (χ0n) is 15.0. The number of aryl methyl sites for hydroxylation is 1. The Morgan fingerprint density at radius 3 is 2.11 bits per heavy atom. The van der Waals surface area contributed by atoms with Crippen LogP contribution >= 0.6 is 0 Å². The predicted molar refractivity (Wildman–Crippen MR) is 108 cm³/mol. The first-order valence-corrected chi connectivity index (χ1v) is 8.83. The Hall–Kier alpha value is -3.59. The Bertz CT molecular complexity index is 1050. The van der Waals surface area contributed by atoms with Crippen molar-refractivity contribution in [3.63, 3.8) is 0 Å². The van der Waals surface area contributed by atoms with Gasteiger partial charge in [-0.25, -0.2) is 0 Å². The number of rotatable bonds is 5. The molecular formula is C24H19NO2. The van der Waals surface area contributed by atoms with E-state index < -0.39 is 0 Å². The molecule has 132 valence electrons. The van der Waals surface area contributed by atoms with E-state index in [9.17, 15) is 4.79 Å². The molecule has 3 nitrogen and oxygen atoms in total. The van der Waals surface area contributed by atoms with Crippen molar-refractivity contribution in [2.45, 2.75) is 6.92 Å². The Morgan fingerprint density at radius 2 is 1.44 bits per heavy atom. The van der Waals surface area contributed by atoms with Crippen LogP contribution in [0.25, 0.3) is 11.3 Å². The summed E-state index contributed by atoms with van der Waals surface area (Å²) in [6.45, 7) is 2.00. The number of nitrogens with one attached hydrogen (secondary N) is 1. The fraction of sp³-hybridized carbons (Fsp3) is 0.0417. The SMILES string of the molecule is Cc1ccc(C(=O)c2cc(-c3ccccc3)oc2Nc2ccccc2)cc1. The lowest BCUT2D eigenvalue weighted by molar-refractivity contribution is 0.103. The van der Waals surface area contributed by atoms with Gasteiger partial charge in [0.15, 0.2) is 5.78 Å². The van der Waals surface area contributed by atoms with Crippen LogP contribution in [-0.2, 0) is 0 Å². The van der Waals surface area contributed by atoms with Gasteiger partial charge >= 0.3 is 0 Å². The van der Waals surface area contributed by atoms with Gasteiger partial charge in [0.05, 0.1) is 5.56 Å². The van der Waals surface area contributed by atoms with Crippen molar-refractivity contribution in [1.29, 1.82) is 0 Å². The molecule has 0 spiro atoms. The standard InChI is InChI=1S/C24H19NO2/c1-17-12-14-19(15-13-17)23(26)21-16-22(18-8-4-2-5-9-18)27-24(21)25-20-10-6-3-7-11-20/h2-16,25H,1H3. The molecule has 0 aliphatic carbocycles. The minimum atomic E-state index is -0.0700. The van der Waals surface area contributed by atoms with Crippen molar-refractivity contribution in [2.75, 3.05) is 5.32 Å². The Labute approximate surface area is 158 Å². The third kappa shape index (κ3) is 3.67. The maximum absolute atomic E-state index is 13.1. The van der Waals surface area contributed by atoms with E-state index in [0.29, 0.717) is 22.8 Å². The van der Waals surface area contributed by atoms with E-state index in [0.717, 1.165) is 16.8 Å². The fourth-order valence-electron chi connectivity index (χ4n) is 2.91. The largest absolute Gasteiger partial charge is 0.440 e. The molecule has 1 N–H and O–H groups in total. The van der Waals surface area contributed by atoms with E-state index in [4.69, 9.17) is 4.42 Å². The summed E-state index contributed by atoms with van der Waals surface area (Å²) in [5.74, 6) is 1.04. The Balaban J connectivity index is 1.77. The summed E-state index contributed by atoms with van der Waals surface area (Å²) in [5.41, 5.74) is 4.06. The normalized spacial score (nSPS) is 10.6. The van der Waals surface area contributed by atoms with Crippen molar-refractivity contribution >= 4 is 17.4 Å². The van der Waals surface area contributed by atoms with Crippen molar-refractivity contribution in [1.82, 2.24) is 0 Å². The number of benzene rings is 3. The minimum Gasteiger partial charge on any atom is -0.440 e. The minimum absolute atomic E-state index is 0.0700. The number of carbonyl (C=O) groups is 1. The van der Waals surface area contributed by atoms with Crippen LogP contribution in [0.4, 0.5) is 11.6 Å². The van der Waals surface area contributed by atoms with Crippen LogP contribution in [0.1, 0.15) is 21.5 Å². The molecule has 0 aliphatic heterocycles. The monoisotopic (exact) mass is 353 g/mol. The van der Waals surface area contributed by atoms with E-state index in [2.05, 4.69) is 5.32 Å². The van der Waals surface area contributed by atoms with E-state index in [1.165, 1.54) is 0 Å². The smallest absolute Gasteiger partial charge is 0.209 e. The molecule has 0 saturated heterocycles. The first-order chi connectivity index (χ1) is 13.2. The van der Waals surface area contributed by atoms with Crippen molar-refractivity contribution in [3.8, 4) is 11.3 Å². The van der Waals surface area contributed by atoms with Gasteiger partial charge in [-0.1, -0.05) is 78.4 Å². The molecule has 27 heavy (non-hydrogen) atoms. The van der Waals surface area contributed by atoms with Gasteiger partial charge in [0.2, 0.25) is 5.88 Å². The van der Waals surface area contributed by atoms with Gasteiger partial charge < -0.3 is 9.73 Å². The molecule has 1 heterocycles. The molecule has 0 radical (unpaired) electrons. The third-order valence-corrected chi connectivity index (χ3v) is 4.38. The summed E-state index contributed by atoms with van der Waals surface area (Å²) in [7, 11) is 0. The van der Waals surface area contributed by atoms with Gasteiger partial charge in [-0.15, -0.1) is 0 Å². The molecule has 0 unspecified atom stereocenters. The average Bonchev–Trinajstić information content (AvgIpc) is 3.13. The fourth-order valence-corrected chi connectivity index (χ4v) is 2.91. The summed E-state index contributed by atoms with van der Waals surface area (Å²) in [4.78, 5) is 13.1. The van der Waals surface area contributed by atoms with Gasteiger partial charge in [0.25, 0.3) is 0 Å². The number of carbonyl (C=O) groups excluding carboxylic acids is 1. The lowest BCUT2D eigenvalue weighted by Gasteiger charge is -2.06. The summed E-state index contributed by atoms with van der Waals surface area (Å²) in [5, 5.41) is 3.24. The lowest BCUT2D eigenvalue weighted by atomic mass is 10.0. The zero-order valence-corrected chi connectivity index (χ0v) is 15.0. The molecule has 0 bridgehead atoms. The highest BCUT2D eigenvalue weighted by atomic mass is 16.4. The van der Waals surface area contributed by atoms with Gasteiger partial charge in [0.1, 0.15) is 5.76 Å². The highest BCUT2D eigenvalue weighted by Crippen LogP contribution is 2.32. The molecule has 0 fully saturated rings. The number of ketones is 1. The van der Waals surface area contributed by atoms with Crippen molar-refractivity contribution < 1.29 is 9.21 Å². The Kier molecular flexibility index (Phi) is 4.58. The zero-order chi connectivity index (χ0) is 18.6. The molecule has 4 aromatic rings. The molecule has 0 saturated carbocycles. The number of hydrogen-bond donors (Lipinski definition) is 1. The van der Waals surface area contributed by atoms with Crippen LogP contribution in [0.3, 0.4) is 0 Å².